The van der Waals surface area contributed by atoms with E-state index in [0.717, 1.165) is 36.9 Å². The molecule has 2 aliphatic rings. The summed E-state index contributed by atoms with van der Waals surface area (Å²) in [5.74, 6) is 1.23. The van der Waals surface area contributed by atoms with E-state index in [9.17, 15) is 9.59 Å². The molecule has 0 aliphatic heterocycles. The highest BCUT2D eigenvalue weighted by molar-refractivity contribution is 7.03. The third kappa shape index (κ3) is 4.60. The lowest BCUT2D eigenvalue weighted by Gasteiger charge is -2.38. The second-order valence-corrected chi connectivity index (χ2v) is 8.32. The number of amides is 2. The second-order valence-electron chi connectivity index (χ2n) is 7.70. The topological polar surface area (TPSA) is 62.3 Å². The second kappa shape index (κ2) is 8.30. The van der Waals surface area contributed by atoms with Crippen LogP contribution in [0.2, 0.25) is 0 Å². The summed E-state index contributed by atoms with van der Waals surface area (Å²) in [5.41, 5.74) is 1.93. The van der Waals surface area contributed by atoms with Gasteiger partial charge in [0.05, 0.1) is 12.1 Å². The van der Waals surface area contributed by atoms with Crippen LogP contribution in [0.25, 0.3) is 0 Å². The van der Waals surface area contributed by atoms with Gasteiger partial charge in [-0.1, -0.05) is 19.8 Å². The molecule has 0 bridgehead atoms. The molecule has 2 aliphatic carbocycles. The van der Waals surface area contributed by atoms with Gasteiger partial charge in [0.15, 0.2) is 0 Å². The lowest BCUT2D eigenvalue weighted by Crippen LogP contribution is -2.48. The van der Waals surface area contributed by atoms with Crippen molar-refractivity contribution in [2.24, 2.45) is 11.8 Å². The fourth-order valence-electron chi connectivity index (χ4n) is 4.06. The summed E-state index contributed by atoms with van der Waals surface area (Å²) >= 11 is 1.39. The van der Waals surface area contributed by atoms with Crippen LogP contribution in [0.4, 0.5) is 0 Å². The first-order chi connectivity index (χ1) is 12.0. The Balaban J connectivity index is 1.49. The number of nitrogens with one attached hydrogen (secondary N) is 1. The average Bonchev–Trinajstić information content (AvgIpc) is 3.20. The zero-order valence-electron chi connectivity index (χ0n) is 15.3. The molecule has 1 aromatic heterocycles. The molecule has 2 fully saturated rings. The maximum atomic E-state index is 12.8. The first kappa shape index (κ1) is 18.4. The van der Waals surface area contributed by atoms with E-state index in [-0.39, 0.29) is 11.8 Å². The fraction of sp³-hybridized carbons (Fsp3) is 0.737. The van der Waals surface area contributed by atoms with Crippen LogP contribution in [-0.4, -0.2) is 40.2 Å². The number of aromatic nitrogens is 1. The van der Waals surface area contributed by atoms with Crippen LogP contribution in [0.15, 0.2) is 5.38 Å². The van der Waals surface area contributed by atoms with Gasteiger partial charge >= 0.3 is 0 Å². The predicted molar refractivity (Wildman–Crippen MR) is 99.4 cm³/mol. The molecule has 1 heterocycles. The number of nitrogens with zero attached hydrogens (tertiary/aromatic N) is 2. The van der Waals surface area contributed by atoms with E-state index in [1.807, 2.05) is 12.3 Å². The summed E-state index contributed by atoms with van der Waals surface area (Å²) in [6, 6.07) is 0.378. The van der Waals surface area contributed by atoms with E-state index in [0.29, 0.717) is 37.4 Å². The molecule has 25 heavy (non-hydrogen) atoms. The van der Waals surface area contributed by atoms with E-state index in [1.54, 1.807) is 0 Å². The van der Waals surface area contributed by atoms with Crippen LogP contribution in [-0.2, 0) is 16.0 Å². The Labute approximate surface area is 154 Å². The molecule has 1 N–H and O–H groups in total. The van der Waals surface area contributed by atoms with E-state index >= 15 is 0 Å². The van der Waals surface area contributed by atoms with Crippen LogP contribution in [0.1, 0.15) is 56.7 Å². The van der Waals surface area contributed by atoms with Gasteiger partial charge in [-0.2, -0.15) is 4.37 Å². The van der Waals surface area contributed by atoms with Crippen LogP contribution in [0.3, 0.4) is 0 Å². The number of hydrogen-bond acceptors (Lipinski definition) is 4. The first-order valence-electron chi connectivity index (χ1n) is 9.51. The zero-order chi connectivity index (χ0) is 17.8. The van der Waals surface area contributed by atoms with Crippen molar-refractivity contribution in [1.82, 2.24) is 14.6 Å². The highest BCUT2D eigenvalue weighted by atomic mass is 32.1. The number of carbonyl (C=O) groups excluding carboxylic acids is 2. The third-order valence-corrected chi connectivity index (χ3v) is 6.42. The lowest BCUT2D eigenvalue weighted by molar-refractivity contribution is -0.142. The van der Waals surface area contributed by atoms with Crippen molar-refractivity contribution in [2.75, 3.05) is 13.1 Å². The highest BCUT2D eigenvalue weighted by Gasteiger charge is 2.37. The molecule has 6 heteroatoms. The van der Waals surface area contributed by atoms with E-state index < -0.39 is 0 Å². The molecule has 2 amide bonds. The van der Waals surface area contributed by atoms with E-state index in [4.69, 9.17) is 0 Å². The third-order valence-electron chi connectivity index (χ3n) is 5.65. The maximum Gasteiger partial charge on any atom is 0.226 e. The van der Waals surface area contributed by atoms with Gasteiger partial charge in [-0.3, -0.25) is 9.59 Å². The Morgan fingerprint density at radius 2 is 2.04 bits per heavy atom. The quantitative estimate of drug-likeness (QED) is 0.810. The zero-order valence-corrected chi connectivity index (χ0v) is 16.1. The Morgan fingerprint density at radius 3 is 2.64 bits per heavy atom. The normalized spacial score (nSPS) is 23.3. The molecule has 0 aromatic carbocycles. The highest BCUT2D eigenvalue weighted by Crippen LogP contribution is 2.36. The van der Waals surface area contributed by atoms with Crippen molar-refractivity contribution in [1.29, 1.82) is 0 Å². The van der Waals surface area contributed by atoms with Gasteiger partial charge in [-0.05, 0) is 55.6 Å². The molecule has 2 saturated carbocycles. The van der Waals surface area contributed by atoms with Crippen molar-refractivity contribution in [3.63, 3.8) is 0 Å². The van der Waals surface area contributed by atoms with Gasteiger partial charge in [-0.25, -0.2) is 0 Å². The van der Waals surface area contributed by atoms with Crippen molar-refractivity contribution < 1.29 is 9.59 Å². The Hall–Kier alpha value is -1.43. The predicted octanol–water partition coefficient (Wildman–Crippen LogP) is 2.93. The van der Waals surface area contributed by atoms with Crippen molar-refractivity contribution >= 4 is 23.3 Å². The molecular weight excluding hydrogens is 334 g/mol. The van der Waals surface area contributed by atoms with Crippen molar-refractivity contribution in [2.45, 2.75) is 64.8 Å². The Bertz CT molecular complexity index is 604. The summed E-state index contributed by atoms with van der Waals surface area (Å²) in [4.78, 5) is 27.1. The Morgan fingerprint density at radius 1 is 1.32 bits per heavy atom. The molecular formula is C19H29N3O2S. The smallest absolute Gasteiger partial charge is 0.226 e. The van der Waals surface area contributed by atoms with E-state index in [1.165, 1.54) is 24.4 Å². The standard InChI is InChI=1S/C19H29N3O2S/c1-13-9-15(10-13)19(24)22(17-5-3-4-6-17)8-7-20-18(23)11-16-12-25-21-14(16)2/h12-13,15,17H,3-11H2,1-2H3,(H,20,23). The van der Waals surface area contributed by atoms with Crippen molar-refractivity contribution in [3.8, 4) is 0 Å². The van der Waals surface area contributed by atoms with Gasteiger partial charge in [0.1, 0.15) is 0 Å². The summed E-state index contributed by atoms with van der Waals surface area (Å²) in [6.07, 6.45) is 7.08. The molecule has 0 spiro atoms. The molecule has 0 radical (unpaired) electrons. The molecule has 0 unspecified atom stereocenters. The van der Waals surface area contributed by atoms with Crippen molar-refractivity contribution in [3.05, 3.63) is 16.6 Å². The Kier molecular flexibility index (Phi) is 6.10. The number of rotatable bonds is 7. The number of aryl methyl sites for hydroxylation is 1. The molecule has 138 valence electrons. The van der Waals surface area contributed by atoms with Crippen LogP contribution in [0.5, 0.6) is 0 Å². The minimum atomic E-state index is 0.0133. The summed E-state index contributed by atoms with van der Waals surface area (Å²) in [7, 11) is 0. The SMILES string of the molecule is Cc1nscc1CC(=O)NCCN(C(=O)C1CC(C)C1)C1CCCC1. The van der Waals surface area contributed by atoms with E-state index in [2.05, 4.69) is 21.5 Å². The fourth-order valence-corrected chi connectivity index (χ4v) is 4.77. The minimum Gasteiger partial charge on any atom is -0.354 e. The van der Waals surface area contributed by atoms with Crippen LogP contribution in [0, 0.1) is 18.8 Å². The van der Waals surface area contributed by atoms with Gasteiger partial charge in [-0.15, -0.1) is 0 Å². The van der Waals surface area contributed by atoms with Gasteiger partial charge < -0.3 is 10.2 Å². The molecule has 5 nitrogen and oxygen atoms in total. The molecule has 3 rings (SSSR count). The minimum absolute atomic E-state index is 0.0133. The van der Waals surface area contributed by atoms with Crippen LogP contribution < -0.4 is 5.32 Å². The van der Waals surface area contributed by atoms with Gasteiger partial charge in [0.2, 0.25) is 11.8 Å². The molecule has 0 saturated heterocycles. The lowest BCUT2D eigenvalue weighted by atomic mass is 9.75. The first-order valence-corrected chi connectivity index (χ1v) is 10.3. The largest absolute Gasteiger partial charge is 0.354 e. The summed E-state index contributed by atoms with van der Waals surface area (Å²) in [6.45, 7) is 5.32. The van der Waals surface area contributed by atoms with Crippen LogP contribution >= 0.6 is 11.5 Å². The monoisotopic (exact) mass is 363 g/mol. The molecule has 1 aromatic rings. The van der Waals surface area contributed by atoms with Gasteiger partial charge in [0, 0.05) is 30.4 Å². The summed E-state index contributed by atoms with van der Waals surface area (Å²) in [5, 5.41) is 4.92. The average molecular weight is 364 g/mol. The molecule has 0 atom stereocenters. The summed E-state index contributed by atoms with van der Waals surface area (Å²) < 4.78 is 4.20. The maximum absolute atomic E-state index is 12.8. The van der Waals surface area contributed by atoms with Gasteiger partial charge in [0.25, 0.3) is 0 Å². The number of carbonyl (C=O) groups is 2. The number of hydrogen-bond donors (Lipinski definition) is 1.